The van der Waals surface area contributed by atoms with Crippen LogP contribution in [0, 0.1) is 11.3 Å². The first-order chi connectivity index (χ1) is 9.79. The maximum Gasteiger partial charge on any atom is 0.339 e. The summed E-state index contributed by atoms with van der Waals surface area (Å²) in [5, 5.41) is 37.6. The molecule has 0 aromatic heterocycles. The van der Waals surface area contributed by atoms with E-state index in [-0.39, 0.29) is 0 Å². The lowest BCUT2D eigenvalue weighted by atomic mass is 9.60. The van der Waals surface area contributed by atoms with Crippen molar-refractivity contribution in [1.29, 1.82) is 0 Å². The third kappa shape index (κ3) is 2.37. The Morgan fingerprint density at radius 1 is 0.773 bits per heavy atom. The normalized spacial score (nSPS) is 15.3. The molecule has 10 nitrogen and oxygen atoms in total. The number of Topliss-reactive ketones (excluding diaryl/α,β-unsaturated/α-hetero) is 3. The first-order valence-electron chi connectivity index (χ1n) is 5.74. The van der Waals surface area contributed by atoms with Crippen LogP contribution >= 0.6 is 0 Å². The first-order valence-corrected chi connectivity index (χ1v) is 5.74. The second kappa shape index (κ2) is 6.02. The van der Waals surface area contributed by atoms with E-state index in [0.717, 1.165) is 0 Å². The summed E-state index contributed by atoms with van der Waals surface area (Å²) in [6.07, 6.45) is 0. The number of aliphatic carboxylic acids is 3. The van der Waals surface area contributed by atoms with Gasteiger partial charge in [-0.3, -0.25) is 24.0 Å². The van der Waals surface area contributed by atoms with E-state index >= 15 is 0 Å². The minimum absolute atomic E-state index is 0.502. The van der Waals surface area contributed by atoms with Gasteiger partial charge in [-0.2, -0.15) is 0 Å². The summed E-state index contributed by atoms with van der Waals surface area (Å²) in [7, 11) is 0. The molecule has 0 heterocycles. The van der Waals surface area contributed by atoms with Gasteiger partial charge >= 0.3 is 17.9 Å². The van der Waals surface area contributed by atoms with Crippen LogP contribution in [0.15, 0.2) is 0 Å². The zero-order valence-electron chi connectivity index (χ0n) is 11.8. The molecule has 22 heavy (non-hydrogen) atoms. The third-order valence-corrected chi connectivity index (χ3v) is 3.35. The van der Waals surface area contributed by atoms with Gasteiger partial charge in [0.2, 0.25) is 11.0 Å². The number of carboxylic acid groups (broad SMARTS) is 3. The Morgan fingerprint density at radius 3 is 1.27 bits per heavy atom. The Morgan fingerprint density at radius 2 is 1.14 bits per heavy atom. The van der Waals surface area contributed by atoms with Crippen molar-refractivity contribution in [2.24, 2.45) is 11.3 Å². The first kappa shape index (κ1) is 19.4. The fraction of sp³-hybridized carbons (Fsp3) is 0.500. The number of hydrogen-bond acceptors (Lipinski definition) is 7. The molecule has 4 N–H and O–H groups in total. The molecule has 0 aromatic rings. The summed E-state index contributed by atoms with van der Waals surface area (Å²) >= 11 is 0. The van der Waals surface area contributed by atoms with E-state index < -0.39 is 52.2 Å². The lowest BCUT2D eigenvalue weighted by Gasteiger charge is -2.39. The summed E-state index contributed by atoms with van der Waals surface area (Å²) in [6, 6.07) is 0. The summed E-state index contributed by atoms with van der Waals surface area (Å²) in [5.41, 5.74) is -7.64. The predicted octanol–water partition coefficient (Wildman–Crippen LogP) is -1.66. The van der Waals surface area contributed by atoms with Gasteiger partial charge in [0.1, 0.15) is 5.78 Å². The van der Waals surface area contributed by atoms with Crippen molar-refractivity contribution in [3.05, 3.63) is 0 Å². The largest absolute Gasteiger partial charge is 0.481 e. The average molecular weight is 318 g/mol. The van der Waals surface area contributed by atoms with Gasteiger partial charge in [-0.05, 0) is 20.8 Å². The molecule has 0 aliphatic heterocycles. The van der Waals surface area contributed by atoms with Gasteiger partial charge < -0.3 is 20.4 Å². The van der Waals surface area contributed by atoms with Crippen LogP contribution in [0.1, 0.15) is 20.8 Å². The summed E-state index contributed by atoms with van der Waals surface area (Å²) in [6.45, 7) is 1.59. The van der Waals surface area contributed by atoms with Crippen LogP contribution in [0.4, 0.5) is 0 Å². The second-order valence-corrected chi connectivity index (χ2v) is 4.62. The third-order valence-electron chi connectivity index (χ3n) is 3.35. The van der Waals surface area contributed by atoms with Crippen molar-refractivity contribution < 1.29 is 49.2 Å². The average Bonchev–Trinajstić information content (AvgIpc) is 2.25. The molecular weight excluding hydrogens is 304 g/mol. The molecule has 10 heteroatoms. The molecule has 122 valence electrons. The van der Waals surface area contributed by atoms with E-state index in [0.29, 0.717) is 20.8 Å². The zero-order chi connectivity index (χ0) is 18.0. The van der Waals surface area contributed by atoms with Gasteiger partial charge in [0.05, 0.1) is 0 Å². The number of carbonyl (C=O) groups excluding carboxylic acids is 3. The Labute approximate surface area is 123 Å². The summed E-state index contributed by atoms with van der Waals surface area (Å²) < 4.78 is 0. The second-order valence-electron chi connectivity index (χ2n) is 4.62. The molecule has 0 aliphatic carbocycles. The van der Waals surface area contributed by atoms with Gasteiger partial charge in [-0.25, -0.2) is 4.79 Å². The van der Waals surface area contributed by atoms with Crippen LogP contribution in [0.5, 0.6) is 0 Å². The molecule has 0 bridgehead atoms. The molecule has 0 radical (unpaired) electrons. The van der Waals surface area contributed by atoms with E-state index in [1.54, 1.807) is 0 Å². The molecule has 0 amide bonds. The molecule has 0 saturated heterocycles. The monoisotopic (exact) mass is 318 g/mol. The van der Waals surface area contributed by atoms with Crippen LogP contribution in [0.25, 0.3) is 0 Å². The standard InChI is InChI=1S/C12H14O10/c1-4(13)7(8(16)17)12(22,10(20)21)11(5(2)14,6(3)15)9(18)19/h7,22H,1-3H3,(H,16,17)(H,18,19)(H,20,21). The summed E-state index contributed by atoms with van der Waals surface area (Å²) in [4.78, 5) is 68.9. The highest BCUT2D eigenvalue weighted by atomic mass is 16.4. The Hall–Kier alpha value is -2.62. The van der Waals surface area contributed by atoms with Crippen molar-refractivity contribution in [2.75, 3.05) is 0 Å². The van der Waals surface area contributed by atoms with Gasteiger partial charge in [0.15, 0.2) is 17.5 Å². The van der Waals surface area contributed by atoms with Crippen molar-refractivity contribution in [3.8, 4) is 0 Å². The fourth-order valence-electron chi connectivity index (χ4n) is 2.40. The number of rotatable bonds is 8. The van der Waals surface area contributed by atoms with Crippen LogP contribution in [0.3, 0.4) is 0 Å². The van der Waals surface area contributed by atoms with Gasteiger partial charge in [-0.1, -0.05) is 0 Å². The predicted molar refractivity (Wildman–Crippen MR) is 65.8 cm³/mol. The van der Waals surface area contributed by atoms with Crippen molar-refractivity contribution >= 4 is 35.3 Å². The summed E-state index contributed by atoms with van der Waals surface area (Å²) in [5.74, 6) is -14.6. The molecular formula is C12H14O10. The van der Waals surface area contributed by atoms with Gasteiger partial charge in [-0.15, -0.1) is 0 Å². The SMILES string of the molecule is CC(=O)C(C(=O)O)C(O)(C(=O)O)C(C(C)=O)(C(C)=O)C(=O)O. The van der Waals surface area contributed by atoms with Gasteiger partial charge in [0, 0.05) is 0 Å². The topological polar surface area (TPSA) is 183 Å². The molecule has 2 unspecified atom stereocenters. The minimum atomic E-state index is -3.99. The number of aliphatic hydroxyl groups is 1. The molecule has 0 spiro atoms. The quantitative estimate of drug-likeness (QED) is 0.378. The number of hydrogen-bond donors (Lipinski definition) is 4. The van der Waals surface area contributed by atoms with E-state index in [9.17, 15) is 39.0 Å². The zero-order valence-corrected chi connectivity index (χ0v) is 11.8. The van der Waals surface area contributed by atoms with E-state index in [1.165, 1.54) is 0 Å². The lowest BCUT2D eigenvalue weighted by Crippen LogP contribution is -2.70. The lowest BCUT2D eigenvalue weighted by molar-refractivity contribution is -0.203. The number of ketones is 3. The Bertz CT molecular complexity index is 524. The highest BCUT2D eigenvalue weighted by Crippen LogP contribution is 2.41. The van der Waals surface area contributed by atoms with Crippen LogP contribution in [-0.2, 0) is 28.8 Å². The number of carboxylic acids is 3. The van der Waals surface area contributed by atoms with E-state index in [4.69, 9.17) is 10.2 Å². The highest BCUT2D eigenvalue weighted by Gasteiger charge is 2.73. The minimum Gasteiger partial charge on any atom is -0.481 e. The Balaban J connectivity index is 7.05. The molecule has 0 fully saturated rings. The molecule has 0 saturated carbocycles. The molecule has 2 atom stereocenters. The molecule has 0 aliphatic rings. The molecule has 0 rings (SSSR count). The maximum atomic E-state index is 11.7. The van der Waals surface area contributed by atoms with Crippen molar-refractivity contribution in [3.63, 3.8) is 0 Å². The Kier molecular flexibility index (Phi) is 5.30. The highest BCUT2D eigenvalue weighted by molar-refractivity contribution is 6.26. The maximum absolute atomic E-state index is 11.7. The molecule has 0 aromatic carbocycles. The van der Waals surface area contributed by atoms with E-state index in [2.05, 4.69) is 0 Å². The smallest absolute Gasteiger partial charge is 0.339 e. The van der Waals surface area contributed by atoms with Crippen LogP contribution < -0.4 is 0 Å². The van der Waals surface area contributed by atoms with Gasteiger partial charge in [0.25, 0.3) is 0 Å². The fourth-order valence-corrected chi connectivity index (χ4v) is 2.40. The number of carbonyl (C=O) groups is 6. The van der Waals surface area contributed by atoms with E-state index in [1.807, 2.05) is 0 Å². The van der Waals surface area contributed by atoms with Crippen molar-refractivity contribution in [1.82, 2.24) is 0 Å². The van der Waals surface area contributed by atoms with Crippen molar-refractivity contribution in [2.45, 2.75) is 26.4 Å². The van der Waals surface area contributed by atoms with Crippen LogP contribution in [-0.4, -0.2) is 61.3 Å². The van der Waals surface area contributed by atoms with Crippen LogP contribution in [0.2, 0.25) is 0 Å².